The Hall–Kier alpha value is -2.17. The summed E-state index contributed by atoms with van der Waals surface area (Å²) in [6.07, 6.45) is 2.62. The van der Waals surface area contributed by atoms with Gasteiger partial charge in [0.1, 0.15) is 5.82 Å². The number of tetrazole rings is 1. The molecule has 0 unspecified atom stereocenters. The van der Waals surface area contributed by atoms with Gasteiger partial charge < -0.3 is 4.90 Å². The van der Waals surface area contributed by atoms with Crippen LogP contribution in [0.15, 0.2) is 9.95 Å². The highest BCUT2D eigenvalue weighted by atomic mass is 32.2. The third kappa shape index (κ3) is 4.09. The van der Waals surface area contributed by atoms with E-state index >= 15 is 0 Å². The van der Waals surface area contributed by atoms with Crippen molar-refractivity contribution in [2.24, 2.45) is 13.0 Å². The van der Waals surface area contributed by atoms with E-state index in [2.05, 4.69) is 25.7 Å². The first-order valence-corrected chi connectivity index (χ1v) is 9.34. The van der Waals surface area contributed by atoms with Gasteiger partial charge in [-0.3, -0.25) is 9.36 Å². The van der Waals surface area contributed by atoms with Crippen molar-refractivity contribution in [3.63, 3.8) is 0 Å². The topological polar surface area (TPSA) is 115 Å². The van der Waals surface area contributed by atoms with Crippen LogP contribution in [0.2, 0.25) is 0 Å². The van der Waals surface area contributed by atoms with Crippen LogP contribution < -0.4 is 5.69 Å². The Kier molecular flexibility index (Phi) is 5.51. The van der Waals surface area contributed by atoms with Crippen LogP contribution in [-0.4, -0.2) is 64.6 Å². The lowest BCUT2D eigenvalue weighted by molar-refractivity contribution is -0.129. The summed E-state index contributed by atoms with van der Waals surface area (Å²) < 4.78 is 3.23. The fraction of sp³-hybridized carbons (Fsp3) is 0.714. The number of H-pyrrole nitrogens is 1. The minimum atomic E-state index is -0.152. The van der Waals surface area contributed by atoms with Crippen LogP contribution in [-0.2, 0) is 24.8 Å². The Morgan fingerprint density at radius 3 is 2.76 bits per heavy atom. The summed E-state index contributed by atoms with van der Waals surface area (Å²) in [6.45, 7) is 4.03. The van der Waals surface area contributed by atoms with Crippen molar-refractivity contribution in [1.29, 1.82) is 0 Å². The molecule has 1 saturated heterocycles. The number of piperidine rings is 1. The van der Waals surface area contributed by atoms with Crippen molar-refractivity contribution in [3.8, 4) is 0 Å². The number of aromatic amines is 1. The molecule has 1 aliphatic rings. The summed E-state index contributed by atoms with van der Waals surface area (Å²) in [5, 5.41) is 18.4. The number of likely N-dealkylation sites (tertiary alicyclic amines) is 1. The van der Waals surface area contributed by atoms with E-state index in [4.69, 9.17) is 0 Å². The van der Waals surface area contributed by atoms with Gasteiger partial charge in [-0.2, -0.15) is 5.10 Å². The molecule has 0 atom stereocenters. The van der Waals surface area contributed by atoms with Crippen LogP contribution >= 0.6 is 11.8 Å². The second-order valence-corrected chi connectivity index (χ2v) is 7.03. The number of nitrogens with zero attached hydrogens (tertiary/aromatic N) is 7. The molecule has 0 aromatic carbocycles. The van der Waals surface area contributed by atoms with Crippen LogP contribution in [0.25, 0.3) is 0 Å². The molecular weight excluding hydrogens is 344 g/mol. The zero-order chi connectivity index (χ0) is 17.8. The molecule has 25 heavy (non-hydrogen) atoms. The summed E-state index contributed by atoms with van der Waals surface area (Å²) in [4.78, 5) is 25.9. The molecule has 136 valence electrons. The smallest absolute Gasteiger partial charge is 0.342 e. The number of nitrogens with one attached hydrogen (secondary N) is 1. The Bertz CT molecular complexity index is 774. The van der Waals surface area contributed by atoms with Gasteiger partial charge in [-0.15, -0.1) is 5.10 Å². The predicted octanol–water partition coefficient (Wildman–Crippen LogP) is -0.312. The van der Waals surface area contributed by atoms with Gasteiger partial charge in [0, 0.05) is 33.1 Å². The molecule has 3 heterocycles. The third-order valence-electron chi connectivity index (χ3n) is 4.50. The van der Waals surface area contributed by atoms with Gasteiger partial charge in [0.05, 0.1) is 5.75 Å². The summed E-state index contributed by atoms with van der Waals surface area (Å²) in [5.41, 5.74) is -0.152. The maximum Gasteiger partial charge on any atom is 0.343 e. The van der Waals surface area contributed by atoms with Crippen LogP contribution in [0, 0.1) is 5.92 Å². The molecule has 0 saturated carbocycles. The fourth-order valence-electron chi connectivity index (χ4n) is 3.04. The third-order valence-corrected chi connectivity index (χ3v) is 5.49. The van der Waals surface area contributed by atoms with Crippen LogP contribution in [0.5, 0.6) is 0 Å². The highest BCUT2D eigenvalue weighted by Crippen LogP contribution is 2.22. The van der Waals surface area contributed by atoms with Gasteiger partial charge in [-0.25, -0.2) is 14.6 Å². The molecular formula is C14H22N8O2S. The number of aromatic nitrogens is 7. The van der Waals surface area contributed by atoms with E-state index in [-0.39, 0.29) is 11.6 Å². The zero-order valence-corrected chi connectivity index (χ0v) is 15.2. The summed E-state index contributed by atoms with van der Waals surface area (Å²) in [7, 11) is 1.75. The molecule has 2 aromatic rings. The average Bonchev–Trinajstić information content (AvgIpc) is 3.18. The first kappa shape index (κ1) is 17.6. The minimum Gasteiger partial charge on any atom is -0.342 e. The zero-order valence-electron chi connectivity index (χ0n) is 14.4. The molecule has 11 heteroatoms. The number of hydrogen-bond acceptors (Lipinski definition) is 7. The second kappa shape index (κ2) is 7.81. The van der Waals surface area contributed by atoms with Crippen LogP contribution in [0.4, 0.5) is 0 Å². The molecule has 0 spiro atoms. The number of carbonyl (C=O) groups is 1. The van der Waals surface area contributed by atoms with Crippen molar-refractivity contribution in [3.05, 3.63) is 16.3 Å². The number of thioether (sulfide) groups is 1. The number of rotatable bonds is 6. The van der Waals surface area contributed by atoms with Crippen LogP contribution in [0.1, 0.15) is 25.6 Å². The molecule has 1 amide bonds. The van der Waals surface area contributed by atoms with Crippen molar-refractivity contribution in [2.75, 3.05) is 18.8 Å². The molecule has 0 bridgehead atoms. The van der Waals surface area contributed by atoms with Crippen molar-refractivity contribution in [1.82, 2.24) is 39.9 Å². The van der Waals surface area contributed by atoms with Crippen molar-refractivity contribution in [2.45, 2.75) is 37.9 Å². The number of amides is 1. The normalized spacial score (nSPS) is 15.7. The number of hydrogen-bond donors (Lipinski definition) is 1. The first-order valence-electron chi connectivity index (χ1n) is 8.35. The number of aryl methyl sites for hydroxylation is 1. The van der Waals surface area contributed by atoms with Gasteiger partial charge in [0.25, 0.3) is 0 Å². The maximum atomic E-state index is 12.3. The molecule has 1 N–H and O–H groups in total. The van der Waals surface area contributed by atoms with Gasteiger partial charge in [0.2, 0.25) is 11.1 Å². The van der Waals surface area contributed by atoms with Gasteiger partial charge in [-0.1, -0.05) is 11.8 Å². The van der Waals surface area contributed by atoms with E-state index in [1.54, 1.807) is 16.3 Å². The molecule has 1 fully saturated rings. The molecule has 3 rings (SSSR count). The summed E-state index contributed by atoms with van der Waals surface area (Å²) >= 11 is 1.35. The molecule has 10 nitrogen and oxygen atoms in total. The molecule has 1 aliphatic heterocycles. The second-order valence-electron chi connectivity index (χ2n) is 6.09. The molecule has 0 aliphatic carbocycles. The van der Waals surface area contributed by atoms with Crippen LogP contribution in [0.3, 0.4) is 0 Å². The molecule has 2 aromatic heterocycles. The first-order chi connectivity index (χ1) is 12.1. The Labute approximate surface area is 149 Å². The Balaban J connectivity index is 1.47. The fourth-order valence-corrected chi connectivity index (χ4v) is 3.79. The molecule has 0 radical (unpaired) electrons. The van der Waals surface area contributed by atoms with E-state index < -0.39 is 0 Å². The van der Waals surface area contributed by atoms with Gasteiger partial charge >= 0.3 is 5.69 Å². The summed E-state index contributed by atoms with van der Waals surface area (Å²) in [6, 6.07) is 0. The quantitative estimate of drug-likeness (QED) is 0.697. The SMILES string of the molecule is CCn1c(CC2CCN(C(=O)CSc3nnnn3C)CC2)n[nH]c1=O. The van der Waals surface area contributed by atoms with Gasteiger partial charge in [0.15, 0.2) is 0 Å². The minimum absolute atomic E-state index is 0.108. The predicted molar refractivity (Wildman–Crippen MR) is 91.1 cm³/mol. The lowest BCUT2D eigenvalue weighted by Gasteiger charge is -2.31. The Morgan fingerprint density at radius 1 is 1.36 bits per heavy atom. The van der Waals surface area contributed by atoms with Crippen molar-refractivity contribution >= 4 is 17.7 Å². The largest absolute Gasteiger partial charge is 0.343 e. The standard InChI is InChI=1S/C14H22N8O2S/c1-3-22-11(15-16-13(22)24)8-10-4-6-21(7-5-10)12(23)9-25-14-17-18-19-20(14)2/h10H,3-9H2,1-2H3,(H,16,24). The lowest BCUT2D eigenvalue weighted by atomic mass is 9.93. The average molecular weight is 366 g/mol. The van der Waals surface area contributed by atoms with E-state index in [9.17, 15) is 9.59 Å². The highest BCUT2D eigenvalue weighted by molar-refractivity contribution is 7.99. The Morgan fingerprint density at radius 2 is 2.12 bits per heavy atom. The van der Waals surface area contributed by atoms with E-state index in [1.165, 1.54) is 11.8 Å². The lowest BCUT2D eigenvalue weighted by Crippen LogP contribution is -2.40. The van der Waals surface area contributed by atoms with Gasteiger partial charge in [-0.05, 0) is 36.1 Å². The number of carbonyl (C=O) groups excluding carboxylic acids is 1. The van der Waals surface area contributed by atoms with Crippen molar-refractivity contribution < 1.29 is 4.79 Å². The van der Waals surface area contributed by atoms with E-state index in [1.807, 2.05) is 11.8 Å². The highest BCUT2D eigenvalue weighted by Gasteiger charge is 2.24. The van der Waals surface area contributed by atoms with E-state index in [0.29, 0.717) is 23.4 Å². The van der Waals surface area contributed by atoms with E-state index in [0.717, 1.165) is 38.2 Å². The summed E-state index contributed by atoms with van der Waals surface area (Å²) in [5.74, 6) is 1.70. The monoisotopic (exact) mass is 366 g/mol. The maximum absolute atomic E-state index is 12.3.